The molecule has 1 aliphatic rings. The summed E-state index contributed by atoms with van der Waals surface area (Å²) in [5.41, 5.74) is 1.28. The second kappa shape index (κ2) is 6.82. The molecule has 0 bridgehead atoms. The highest BCUT2D eigenvalue weighted by Crippen LogP contribution is 2.33. The van der Waals surface area contributed by atoms with Crippen LogP contribution in [0.1, 0.15) is 68.0 Å². The van der Waals surface area contributed by atoms with E-state index in [0.29, 0.717) is 17.9 Å². The number of ether oxygens (including phenoxy) is 1. The van der Waals surface area contributed by atoms with Gasteiger partial charge in [0.05, 0.1) is 17.3 Å². The zero-order chi connectivity index (χ0) is 13.8. The molecule has 2 rings (SSSR count). The molecule has 0 aliphatic carbocycles. The molecule has 1 fully saturated rings. The van der Waals surface area contributed by atoms with E-state index in [1.807, 2.05) is 11.3 Å². The summed E-state index contributed by atoms with van der Waals surface area (Å²) in [4.78, 5) is 6.32. The molecule has 1 N–H and O–H groups in total. The van der Waals surface area contributed by atoms with Gasteiger partial charge in [0.1, 0.15) is 0 Å². The normalized spacial score (nSPS) is 20.4. The Kier molecular flexibility index (Phi) is 5.37. The van der Waals surface area contributed by atoms with E-state index in [9.17, 15) is 0 Å². The second-order valence-electron chi connectivity index (χ2n) is 5.96. The van der Waals surface area contributed by atoms with Gasteiger partial charge in [-0.2, -0.15) is 0 Å². The zero-order valence-corrected chi connectivity index (χ0v) is 13.3. The third-order valence-corrected chi connectivity index (χ3v) is 4.71. The fourth-order valence-electron chi connectivity index (χ4n) is 2.37. The Labute approximate surface area is 120 Å². The number of hydrogen-bond donors (Lipinski definition) is 1. The van der Waals surface area contributed by atoms with Crippen LogP contribution in [0.3, 0.4) is 0 Å². The molecule has 0 saturated carbocycles. The van der Waals surface area contributed by atoms with Crippen molar-refractivity contribution in [3.05, 3.63) is 15.6 Å². The van der Waals surface area contributed by atoms with E-state index in [-0.39, 0.29) is 0 Å². The van der Waals surface area contributed by atoms with E-state index in [1.165, 1.54) is 28.4 Å². The van der Waals surface area contributed by atoms with Crippen molar-refractivity contribution in [1.29, 1.82) is 0 Å². The van der Waals surface area contributed by atoms with Crippen LogP contribution in [-0.4, -0.2) is 24.2 Å². The van der Waals surface area contributed by atoms with Crippen LogP contribution in [-0.2, 0) is 11.3 Å². The molecule has 1 aromatic heterocycles. The van der Waals surface area contributed by atoms with Crippen LogP contribution in [0.5, 0.6) is 0 Å². The average molecular weight is 282 g/mol. The van der Waals surface area contributed by atoms with Gasteiger partial charge < -0.3 is 10.1 Å². The van der Waals surface area contributed by atoms with Crippen LogP contribution < -0.4 is 5.32 Å². The summed E-state index contributed by atoms with van der Waals surface area (Å²) in [7, 11) is 0. The lowest BCUT2D eigenvalue weighted by Crippen LogP contribution is -2.22. The molecule has 1 aromatic rings. The SMILES string of the molecule is CC(C)NCc1sc(C2CCCOC2)nc1C(C)C. The molecule has 0 amide bonds. The third-order valence-electron chi connectivity index (χ3n) is 3.47. The van der Waals surface area contributed by atoms with Crippen molar-refractivity contribution in [3.8, 4) is 0 Å². The monoisotopic (exact) mass is 282 g/mol. The molecule has 1 aliphatic heterocycles. The Bertz CT molecular complexity index is 395. The number of hydrogen-bond acceptors (Lipinski definition) is 4. The van der Waals surface area contributed by atoms with Gasteiger partial charge in [0.25, 0.3) is 0 Å². The lowest BCUT2D eigenvalue weighted by atomic mass is 10.0. The maximum Gasteiger partial charge on any atom is 0.0985 e. The standard InChI is InChI=1S/C15H26N2OS/c1-10(2)14-13(8-16-11(3)4)19-15(17-14)12-6-5-7-18-9-12/h10-12,16H,5-9H2,1-4H3. The molecule has 1 atom stereocenters. The predicted molar refractivity (Wildman–Crippen MR) is 81.0 cm³/mol. The number of nitrogens with zero attached hydrogens (tertiary/aromatic N) is 1. The largest absolute Gasteiger partial charge is 0.381 e. The van der Waals surface area contributed by atoms with E-state index in [2.05, 4.69) is 33.0 Å². The topological polar surface area (TPSA) is 34.1 Å². The highest BCUT2D eigenvalue weighted by Gasteiger charge is 2.22. The van der Waals surface area contributed by atoms with Crippen LogP contribution in [0.2, 0.25) is 0 Å². The summed E-state index contributed by atoms with van der Waals surface area (Å²) < 4.78 is 5.60. The number of nitrogens with one attached hydrogen (secondary N) is 1. The van der Waals surface area contributed by atoms with Crippen molar-refractivity contribution in [1.82, 2.24) is 10.3 Å². The van der Waals surface area contributed by atoms with Gasteiger partial charge in [0.2, 0.25) is 0 Å². The Morgan fingerprint density at radius 3 is 2.74 bits per heavy atom. The molecular formula is C15H26N2OS. The maximum atomic E-state index is 5.60. The molecular weight excluding hydrogens is 256 g/mol. The van der Waals surface area contributed by atoms with E-state index in [0.717, 1.165) is 19.8 Å². The third kappa shape index (κ3) is 4.01. The summed E-state index contributed by atoms with van der Waals surface area (Å²) in [6.45, 7) is 11.5. The Morgan fingerprint density at radius 1 is 1.37 bits per heavy atom. The van der Waals surface area contributed by atoms with Gasteiger partial charge in [0.15, 0.2) is 0 Å². The summed E-state index contributed by atoms with van der Waals surface area (Å²) in [6.07, 6.45) is 2.39. The molecule has 1 unspecified atom stereocenters. The number of aromatic nitrogens is 1. The van der Waals surface area contributed by atoms with Gasteiger partial charge in [-0.05, 0) is 18.8 Å². The van der Waals surface area contributed by atoms with Crippen LogP contribution >= 0.6 is 11.3 Å². The molecule has 108 valence electrons. The van der Waals surface area contributed by atoms with Crippen LogP contribution in [0.15, 0.2) is 0 Å². The molecule has 1 saturated heterocycles. The summed E-state index contributed by atoms with van der Waals surface area (Å²) >= 11 is 1.88. The minimum atomic E-state index is 0.499. The van der Waals surface area contributed by atoms with Gasteiger partial charge in [-0.25, -0.2) is 4.98 Å². The van der Waals surface area contributed by atoms with Crippen molar-refractivity contribution in [3.63, 3.8) is 0 Å². The fourth-order valence-corrected chi connectivity index (χ4v) is 3.66. The highest BCUT2D eigenvalue weighted by atomic mass is 32.1. The Hall–Kier alpha value is -0.450. The van der Waals surface area contributed by atoms with Gasteiger partial charge in [-0.15, -0.1) is 11.3 Å². The summed E-state index contributed by atoms with van der Waals surface area (Å²) in [5, 5.41) is 4.79. The zero-order valence-electron chi connectivity index (χ0n) is 12.5. The second-order valence-corrected chi connectivity index (χ2v) is 7.08. The van der Waals surface area contributed by atoms with E-state index in [4.69, 9.17) is 9.72 Å². The first-order chi connectivity index (χ1) is 9.08. The van der Waals surface area contributed by atoms with Crippen molar-refractivity contribution in [2.75, 3.05) is 13.2 Å². The lowest BCUT2D eigenvalue weighted by molar-refractivity contribution is 0.0803. The molecule has 19 heavy (non-hydrogen) atoms. The minimum absolute atomic E-state index is 0.499. The maximum absolute atomic E-state index is 5.60. The quantitative estimate of drug-likeness (QED) is 0.895. The lowest BCUT2D eigenvalue weighted by Gasteiger charge is -2.19. The van der Waals surface area contributed by atoms with Gasteiger partial charge in [-0.1, -0.05) is 27.7 Å². The van der Waals surface area contributed by atoms with Gasteiger partial charge in [-0.3, -0.25) is 0 Å². The van der Waals surface area contributed by atoms with E-state index >= 15 is 0 Å². The Balaban J connectivity index is 2.13. The molecule has 0 spiro atoms. The first-order valence-electron chi connectivity index (χ1n) is 7.38. The first kappa shape index (κ1) is 14.9. The Morgan fingerprint density at radius 2 is 2.16 bits per heavy atom. The number of thiazole rings is 1. The van der Waals surface area contributed by atoms with E-state index in [1.54, 1.807) is 0 Å². The molecule has 4 heteroatoms. The van der Waals surface area contributed by atoms with Crippen molar-refractivity contribution in [2.24, 2.45) is 0 Å². The molecule has 2 heterocycles. The molecule has 0 aromatic carbocycles. The van der Waals surface area contributed by atoms with Crippen molar-refractivity contribution >= 4 is 11.3 Å². The van der Waals surface area contributed by atoms with Crippen LogP contribution in [0.4, 0.5) is 0 Å². The number of rotatable bonds is 5. The molecule has 0 radical (unpaired) electrons. The van der Waals surface area contributed by atoms with Crippen LogP contribution in [0.25, 0.3) is 0 Å². The smallest absolute Gasteiger partial charge is 0.0985 e. The van der Waals surface area contributed by atoms with Crippen molar-refractivity contribution in [2.45, 2.75) is 65.0 Å². The minimum Gasteiger partial charge on any atom is -0.381 e. The fraction of sp³-hybridized carbons (Fsp3) is 0.800. The summed E-state index contributed by atoms with van der Waals surface area (Å²) in [6, 6.07) is 0.517. The predicted octanol–water partition coefficient (Wildman–Crippen LogP) is 3.66. The molecule has 3 nitrogen and oxygen atoms in total. The average Bonchev–Trinajstić information content (AvgIpc) is 2.81. The van der Waals surface area contributed by atoms with Crippen LogP contribution in [0, 0.1) is 0 Å². The van der Waals surface area contributed by atoms with Gasteiger partial charge in [0, 0.05) is 30.0 Å². The van der Waals surface area contributed by atoms with Crippen molar-refractivity contribution < 1.29 is 4.74 Å². The van der Waals surface area contributed by atoms with Gasteiger partial charge >= 0.3 is 0 Å². The first-order valence-corrected chi connectivity index (χ1v) is 8.20. The van der Waals surface area contributed by atoms with E-state index < -0.39 is 0 Å². The highest BCUT2D eigenvalue weighted by molar-refractivity contribution is 7.11. The summed E-state index contributed by atoms with van der Waals surface area (Å²) in [5.74, 6) is 1.02.